The normalized spacial score (nSPS) is 11.5. The average molecular weight is 390 g/mol. The number of ether oxygens (including phenoxy) is 2. The summed E-state index contributed by atoms with van der Waals surface area (Å²) in [4.78, 5) is 0. The van der Waals surface area contributed by atoms with Crippen LogP contribution in [0.25, 0.3) is 0 Å². The van der Waals surface area contributed by atoms with Gasteiger partial charge in [-0.15, -0.1) is 0 Å². The molecule has 1 N–H and O–H groups in total. The summed E-state index contributed by atoms with van der Waals surface area (Å²) in [5, 5.41) is 4.61. The molecule has 0 saturated carbocycles. The zero-order chi connectivity index (χ0) is 19.2. The average Bonchev–Trinajstić information content (AvgIpc) is 2.72. The molecule has 27 heavy (non-hydrogen) atoms. The molecular formula is C21H31NO4Si. The standard InChI is InChI=1S/C21H31NO4Si/c1-23-15-17-25-27(26-18-16-24-2,21-12-7-4-8-13-21)19-9-14-22-20-10-5-3-6-11-20/h3-8,10-13,22H,9,14-19H2,1-2H3. The lowest BCUT2D eigenvalue weighted by Crippen LogP contribution is -2.55. The van der Waals surface area contributed by atoms with Crippen LogP contribution in [0.15, 0.2) is 60.7 Å². The number of methoxy groups -OCH3 is 2. The predicted octanol–water partition coefficient (Wildman–Crippen LogP) is 3.16. The first-order valence-electron chi connectivity index (χ1n) is 9.41. The quantitative estimate of drug-likeness (QED) is 0.397. The molecule has 0 atom stereocenters. The molecule has 0 aliphatic carbocycles. The zero-order valence-corrected chi connectivity index (χ0v) is 17.4. The lowest BCUT2D eigenvalue weighted by atomic mass is 10.3. The van der Waals surface area contributed by atoms with Crippen LogP contribution in [-0.4, -0.2) is 55.8 Å². The summed E-state index contributed by atoms with van der Waals surface area (Å²) in [6.45, 7) is 3.02. The minimum atomic E-state index is -2.58. The molecule has 2 aromatic carbocycles. The Morgan fingerprint density at radius 2 is 1.30 bits per heavy atom. The molecule has 0 unspecified atom stereocenters. The summed E-state index contributed by atoms with van der Waals surface area (Å²) in [7, 11) is 0.786. The fourth-order valence-electron chi connectivity index (χ4n) is 2.88. The largest absolute Gasteiger partial charge is 0.389 e. The highest BCUT2D eigenvalue weighted by atomic mass is 28.4. The lowest BCUT2D eigenvalue weighted by Gasteiger charge is -2.31. The summed E-state index contributed by atoms with van der Waals surface area (Å²) in [6, 6.07) is 21.4. The highest BCUT2D eigenvalue weighted by Gasteiger charge is 2.39. The molecule has 0 fully saturated rings. The second kappa shape index (κ2) is 12.6. The van der Waals surface area contributed by atoms with Crippen LogP contribution in [-0.2, 0) is 18.3 Å². The number of benzene rings is 2. The minimum absolute atomic E-state index is 0.525. The van der Waals surface area contributed by atoms with Crippen molar-refractivity contribution < 1.29 is 18.3 Å². The first-order valence-corrected chi connectivity index (χ1v) is 11.4. The molecule has 148 valence electrons. The summed E-state index contributed by atoms with van der Waals surface area (Å²) < 4.78 is 23.1. The number of hydrogen-bond acceptors (Lipinski definition) is 5. The van der Waals surface area contributed by atoms with E-state index in [1.165, 1.54) is 0 Å². The Hall–Kier alpha value is -1.70. The van der Waals surface area contributed by atoms with Gasteiger partial charge in [0, 0.05) is 26.5 Å². The molecule has 5 nitrogen and oxygen atoms in total. The molecule has 2 rings (SSSR count). The van der Waals surface area contributed by atoms with E-state index in [-0.39, 0.29) is 0 Å². The van der Waals surface area contributed by atoms with Crippen molar-refractivity contribution in [1.82, 2.24) is 0 Å². The molecule has 0 saturated heterocycles. The first-order chi connectivity index (χ1) is 13.3. The van der Waals surface area contributed by atoms with Crippen LogP contribution in [0.3, 0.4) is 0 Å². The molecule has 0 radical (unpaired) electrons. The Kier molecular flexibility index (Phi) is 10.1. The SMILES string of the molecule is COCCO[Si](CCCNc1ccccc1)(OCCOC)c1ccccc1. The van der Waals surface area contributed by atoms with Crippen molar-refractivity contribution in [2.24, 2.45) is 0 Å². The van der Waals surface area contributed by atoms with Crippen molar-refractivity contribution in [3.8, 4) is 0 Å². The van der Waals surface area contributed by atoms with Crippen molar-refractivity contribution in [3.63, 3.8) is 0 Å². The van der Waals surface area contributed by atoms with Gasteiger partial charge >= 0.3 is 8.56 Å². The van der Waals surface area contributed by atoms with E-state index in [1.54, 1.807) is 14.2 Å². The fourth-order valence-corrected chi connectivity index (χ4v) is 6.04. The van der Waals surface area contributed by atoms with Gasteiger partial charge in [-0.25, -0.2) is 0 Å². The molecule has 0 bridgehead atoms. The summed E-state index contributed by atoms with van der Waals surface area (Å²) in [5.74, 6) is 0. The number of anilines is 1. The maximum absolute atomic E-state index is 6.36. The van der Waals surface area contributed by atoms with Gasteiger partial charge in [0.25, 0.3) is 0 Å². The summed E-state index contributed by atoms with van der Waals surface area (Å²) in [5.41, 5.74) is 1.13. The molecule has 6 heteroatoms. The maximum atomic E-state index is 6.36. The second-order valence-electron chi connectivity index (χ2n) is 6.20. The van der Waals surface area contributed by atoms with Crippen LogP contribution in [0.1, 0.15) is 6.42 Å². The van der Waals surface area contributed by atoms with Gasteiger partial charge in [-0.3, -0.25) is 0 Å². The predicted molar refractivity (Wildman–Crippen MR) is 112 cm³/mol. The van der Waals surface area contributed by atoms with E-state index in [1.807, 2.05) is 36.4 Å². The monoisotopic (exact) mass is 389 g/mol. The molecule has 0 aliphatic heterocycles. The van der Waals surface area contributed by atoms with Crippen LogP contribution in [0.2, 0.25) is 6.04 Å². The van der Waals surface area contributed by atoms with E-state index in [0.717, 1.165) is 29.9 Å². The molecule has 0 aliphatic rings. The van der Waals surface area contributed by atoms with E-state index >= 15 is 0 Å². The molecule has 0 amide bonds. The number of rotatable bonds is 14. The van der Waals surface area contributed by atoms with E-state index in [9.17, 15) is 0 Å². The highest BCUT2D eigenvalue weighted by Crippen LogP contribution is 2.18. The third-order valence-electron chi connectivity index (χ3n) is 4.24. The van der Waals surface area contributed by atoms with E-state index in [4.69, 9.17) is 18.3 Å². The van der Waals surface area contributed by atoms with E-state index in [2.05, 4.69) is 29.6 Å². The van der Waals surface area contributed by atoms with Gasteiger partial charge in [-0.05, 0) is 29.8 Å². The summed E-state index contributed by atoms with van der Waals surface area (Å²) in [6.07, 6.45) is 0.954. The van der Waals surface area contributed by atoms with Gasteiger partial charge in [0.15, 0.2) is 0 Å². The summed E-state index contributed by atoms with van der Waals surface area (Å²) >= 11 is 0. The molecule has 0 aromatic heterocycles. The van der Waals surface area contributed by atoms with Gasteiger partial charge in [-0.1, -0.05) is 48.5 Å². The van der Waals surface area contributed by atoms with E-state index in [0.29, 0.717) is 26.4 Å². The molecule has 0 spiro atoms. The van der Waals surface area contributed by atoms with Crippen molar-refractivity contribution in [1.29, 1.82) is 0 Å². The maximum Gasteiger partial charge on any atom is 0.372 e. The van der Waals surface area contributed by atoms with Crippen LogP contribution in [0.4, 0.5) is 5.69 Å². The van der Waals surface area contributed by atoms with Crippen LogP contribution < -0.4 is 10.5 Å². The second-order valence-corrected chi connectivity index (χ2v) is 9.36. The first kappa shape index (κ1) is 21.6. The van der Waals surface area contributed by atoms with Gasteiger partial charge in [-0.2, -0.15) is 0 Å². The Labute approximate surface area is 163 Å². The van der Waals surface area contributed by atoms with Gasteiger partial charge in [0.2, 0.25) is 0 Å². The van der Waals surface area contributed by atoms with E-state index < -0.39 is 8.56 Å². The minimum Gasteiger partial charge on any atom is -0.389 e. The van der Waals surface area contributed by atoms with Gasteiger partial charge < -0.3 is 23.6 Å². The van der Waals surface area contributed by atoms with Crippen molar-refractivity contribution in [3.05, 3.63) is 60.7 Å². The Morgan fingerprint density at radius 1 is 0.741 bits per heavy atom. The van der Waals surface area contributed by atoms with Gasteiger partial charge in [0.1, 0.15) is 0 Å². The Morgan fingerprint density at radius 3 is 1.85 bits per heavy atom. The third-order valence-corrected chi connectivity index (χ3v) is 7.81. The fraction of sp³-hybridized carbons (Fsp3) is 0.429. The highest BCUT2D eigenvalue weighted by molar-refractivity contribution is 6.81. The number of para-hydroxylation sites is 1. The Bertz CT molecular complexity index is 602. The van der Waals surface area contributed by atoms with Crippen LogP contribution >= 0.6 is 0 Å². The lowest BCUT2D eigenvalue weighted by molar-refractivity contribution is 0.0915. The van der Waals surface area contributed by atoms with Gasteiger partial charge in [0.05, 0.1) is 26.4 Å². The number of hydrogen-bond donors (Lipinski definition) is 1. The third kappa shape index (κ3) is 7.44. The smallest absolute Gasteiger partial charge is 0.372 e. The molecule has 2 aromatic rings. The van der Waals surface area contributed by atoms with Crippen molar-refractivity contribution in [2.45, 2.75) is 12.5 Å². The Balaban J connectivity index is 2.05. The van der Waals surface area contributed by atoms with Crippen LogP contribution in [0, 0.1) is 0 Å². The molecule has 0 heterocycles. The van der Waals surface area contributed by atoms with Crippen molar-refractivity contribution in [2.75, 3.05) is 52.5 Å². The molecular weight excluding hydrogens is 358 g/mol. The number of nitrogens with one attached hydrogen (secondary N) is 1. The topological polar surface area (TPSA) is 49.0 Å². The van der Waals surface area contributed by atoms with Crippen LogP contribution in [0.5, 0.6) is 0 Å². The van der Waals surface area contributed by atoms with Crippen molar-refractivity contribution >= 4 is 19.4 Å². The zero-order valence-electron chi connectivity index (χ0n) is 16.4.